The summed E-state index contributed by atoms with van der Waals surface area (Å²) >= 11 is 0. The van der Waals surface area contributed by atoms with Gasteiger partial charge >= 0.3 is 12.1 Å². The lowest BCUT2D eigenvalue weighted by Gasteiger charge is -2.09. The number of carboxylic acid groups (broad SMARTS) is 1. The minimum Gasteiger partial charge on any atom is -0.478 e. The molecule has 0 aliphatic rings. The summed E-state index contributed by atoms with van der Waals surface area (Å²) in [4.78, 5) is 10.4. The van der Waals surface area contributed by atoms with Crippen molar-refractivity contribution >= 4 is 5.97 Å². The third kappa shape index (κ3) is 4.21. The summed E-state index contributed by atoms with van der Waals surface area (Å²) in [5, 5.41) is 11.3. The number of hydrogen-bond acceptors (Lipinski definition) is 2. The van der Waals surface area contributed by atoms with Gasteiger partial charge in [-0.3, -0.25) is 0 Å². The van der Waals surface area contributed by atoms with E-state index in [-0.39, 0.29) is 18.7 Å². The van der Waals surface area contributed by atoms with Crippen LogP contribution in [0.15, 0.2) is 36.4 Å². The molecule has 0 fully saturated rings. The van der Waals surface area contributed by atoms with Crippen LogP contribution in [0.3, 0.4) is 0 Å². The first-order chi connectivity index (χ1) is 8.30. The Balaban J connectivity index is 2.58. The molecule has 1 aromatic carbocycles. The van der Waals surface area contributed by atoms with Crippen molar-refractivity contribution in [1.29, 1.82) is 0 Å². The van der Waals surface area contributed by atoms with Crippen LogP contribution in [0.2, 0.25) is 0 Å². The molecule has 0 atom stereocenters. The molecule has 0 amide bonds. The lowest BCUT2D eigenvalue weighted by atomic mass is 10.1. The molecule has 98 valence electrons. The van der Waals surface area contributed by atoms with Crippen LogP contribution in [0.5, 0.6) is 0 Å². The normalized spacial score (nSPS) is 11.3. The van der Waals surface area contributed by atoms with Gasteiger partial charge in [0.25, 0.3) is 0 Å². The molecular weight excluding hydrogens is 247 g/mol. The molecule has 1 rings (SSSR count). The predicted molar refractivity (Wildman–Crippen MR) is 59.9 cm³/mol. The summed E-state index contributed by atoms with van der Waals surface area (Å²) in [6, 6.07) is 4.85. The van der Waals surface area contributed by atoms with E-state index in [1.165, 1.54) is 12.1 Å². The second-order valence-electron chi connectivity index (χ2n) is 3.71. The van der Waals surface area contributed by atoms with Crippen molar-refractivity contribution in [2.24, 2.45) is 0 Å². The second kappa shape index (κ2) is 5.68. The minimum atomic E-state index is -4.37. The molecule has 0 aromatic heterocycles. The maximum Gasteiger partial charge on any atom is 0.416 e. The first-order valence-electron chi connectivity index (χ1n) is 5.08. The fourth-order valence-corrected chi connectivity index (χ4v) is 1.29. The van der Waals surface area contributed by atoms with E-state index in [9.17, 15) is 18.0 Å². The number of hydrogen-bond donors (Lipinski definition) is 2. The number of rotatable bonds is 5. The van der Waals surface area contributed by atoms with Crippen molar-refractivity contribution in [3.05, 3.63) is 47.5 Å². The Morgan fingerprint density at radius 2 is 2.06 bits per heavy atom. The van der Waals surface area contributed by atoms with Crippen molar-refractivity contribution in [2.75, 3.05) is 6.54 Å². The number of alkyl halides is 3. The van der Waals surface area contributed by atoms with E-state index < -0.39 is 17.7 Å². The van der Waals surface area contributed by atoms with Gasteiger partial charge in [-0.05, 0) is 11.6 Å². The van der Waals surface area contributed by atoms with Crippen LogP contribution in [0, 0.1) is 0 Å². The van der Waals surface area contributed by atoms with Crippen LogP contribution >= 0.6 is 0 Å². The molecule has 18 heavy (non-hydrogen) atoms. The molecule has 0 heterocycles. The number of aliphatic carboxylic acids is 1. The van der Waals surface area contributed by atoms with Gasteiger partial charge in [-0.1, -0.05) is 24.8 Å². The number of benzene rings is 1. The van der Waals surface area contributed by atoms with Gasteiger partial charge < -0.3 is 10.4 Å². The number of nitrogens with one attached hydrogen (secondary N) is 1. The molecule has 0 aliphatic heterocycles. The molecule has 0 spiro atoms. The summed E-state index contributed by atoms with van der Waals surface area (Å²) in [5.74, 6) is -1.13. The van der Waals surface area contributed by atoms with E-state index in [4.69, 9.17) is 5.11 Å². The SMILES string of the molecule is C=C(CNCc1cccc(C(F)(F)F)c1)C(=O)O. The van der Waals surface area contributed by atoms with Crippen molar-refractivity contribution in [2.45, 2.75) is 12.7 Å². The maximum atomic E-state index is 12.4. The molecule has 1 aromatic rings. The third-order valence-corrected chi connectivity index (χ3v) is 2.22. The van der Waals surface area contributed by atoms with E-state index in [2.05, 4.69) is 11.9 Å². The van der Waals surface area contributed by atoms with E-state index in [0.29, 0.717) is 5.56 Å². The first-order valence-corrected chi connectivity index (χ1v) is 5.08. The molecule has 6 heteroatoms. The monoisotopic (exact) mass is 259 g/mol. The quantitative estimate of drug-likeness (QED) is 0.798. The summed E-state index contributed by atoms with van der Waals surface area (Å²) in [7, 11) is 0. The third-order valence-electron chi connectivity index (χ3n) is 2.22. The smallest absolute Gasteiger partial charge is 0.416 e. The molecule has 0 aliphatic carbocycles. The fourth-order valence-electron chi connectivity index (χ4n) is 1.29. The van der Waals surface area contributed by atoms with Crippen molar-refractivity contribution in [3.63, 3.8) is 0 Å². The first kappa shape index (κ1) is 14.2. The molecule has 0 bridgehead atoms. The van der Waals surface area contributed by atoms with Gasteiger partial charge in [0.2, 0.25) is 0 Å². The molecule has 0 saturated carbocycles. The van der Waals surface area contributed by atoms with Crippen LogP contribution in [-0.2, 0) is 17.5 Å². The zero-order chi connectivity index (χ0) is 13.8. The Bertz CT molecular complexity index is 455. The van der Waals surface area contributed by atoms with Crippen molar-refractivity contribution in [1.82, 2.24) is 5.32 Å². The molecule has 0 unspecified atom stereocenters. The van der Waals surface area contributed by atoms with Crippen LogP contribution in [0.1, 0.15) is 11.1 Å². The maximum absolute atomic E-state index is 12.4. The highest BCUT2D eigenvalue weighted by Crippen LogP contribution is 2.29. The van der Waals surface area contributed by atoms with Crippen LogP contribution in [0.4, 0.5) is 13.2 Å². The Morgan fingerprint density at radius 1 is 1.39 bits per heavy atom. The molecule has 0 radical (unpaired) electrons. The Hall–Kier alpha value is -1.82. The van der Waals surface area contributed by atoms with Crippen LogP contribution in [-0.4, -0.2) is 17.6 Å². The standard InChI is InChI=1S/C12H12F3NO2/c1-8(11(17)18)6-16-7-9-3-2-4-10(5-9)12(13,14)15/h2-5,16H,1,6-7H2,(H,17,18). The van der Waals surface area contributed by atoms with Gasteiger partial charge in [-0.2, -0.15) is 13.2 Å². The Kier molecular flexibility index (Phi) is 4.49. The fraction of sp³-hybridized carbons (Fsp3) is 0.250. The largest absolute Gasteiger partial charge is 0.478 e. The summed E-state index contributed by atoms with van der Waals surface area (Å²) in [6.07, 6.45) is -4.37. The highest BCUT2D eigenvalue weighted by Gasteiger charge is 2.30. The van der Waals surface area contributed by atoms with Gasteiger partial charge in [0.15, 0.2) is 0 Å². The molecule has 2 N–H and O–H groups in total. The average Bonchev–Trinajstić information content (AvgIpc) is 2.28. The summed E-state index contributed by atoms with van der Waals surface area (Å²) in [5.41, 5.74) is -0.330. The van der Waals surface area contributed by atoms with E-state index >= 15 is 0 Å². The zero-order valence-corrected chi connectivity index (χ0v) is 9.42. The molecule has 3 nitrogen and oxygen atoms in total. The van der Waals surface area contributed by atoms with E-state index in [0.717, 1.165) is 12.1 Å². The summed E-state index contributed by atoms with van der Waals surface area (Å²) < 4.78 is 37.2. The van der Waals surface area contributed by atoms with E-state index in [1.54, 1.807) is 0 Å². The van der Waals surface area contributed by atoms with Gasteiger partial charge in [-0.15, -0.1) is 0 Å². The number of carbonyl (C=O) groups is 1. The Morgan fingerprint density at radius 3 is 2.61 bits per heavy atom. The predicted octanol–water partition coefficient (Wildman–Crippen LogP) is 2.44. The molecular formula is C12H12F3NO2. The van der Waals surface area contributed by atoms with Gasteiger partial charge in [0.1, 0.15) is 0 Å². The highest BCUT2D eigenvalue weighted by atomic mass is 19.4. The van der Waals surface area contributed by atoms with Gasteiger partial charge in [-0.25, -0.2) is 4.79 Å². The minimum absolute atomic E-state index is 0.0194. The Labute approximate surface area is 102 Å². The lowest BCUT2D eigenvalue weighted by Crippen LogP contribution is -2.20. The number of halogens is 3. The zero-order valence-electron chi connectivity index (χ0n) is 9.42. The second-order valence-corrected chi connectivity index (χ2v) is 3.71. The van der Waals surface area contributed by atoms with E-state index in [1.807, 2.05) is 0 Å². The van der Waals surface area contributed by atoms with Crippen LogP contribution < -0.4 is 5.32 Å². The van der Waals surface area contributed by atoms with Crippen molar-refractivity contribution < 1.29 is 23.1 Å². The van der Waals surface area contributed by atoms with Gasteiger partial charge in [0.05, 0.1) is 5.56 Å². The van der Waals surface area contributed by atoms with Crippen LogP contribution in [0.25, 0.3) is 0 Å². The lowest BCUT2D eigenvalue weighted by molar-refractivity contribution is -0.137. The topological polar surface area (TPSA) is 49.3 Å². The summed E-state index contributed by atoms with van der Waals surface area (Å²) in [6.45, 7) is 3.47. The molecule has 0 saturated heterocycles. The average molecular weight is 259 g/mol. The number of carboxylic acids is 1. The van der Waals surface area contributed by atoms with Crippen molar-refractivity contribution in [3.8, 4) is 0 Å². The highest BCUT2D eigenvalue weighted by molar-refractivity contribution is 5.86. The van der Waals surface area contributed by atoms with Gasteiger partial charge in [0, 0.05) is 18.7 Å².